The van der Waals surface area contributed by atoms with Crippen LogP contribution in [0.15, 0.2) is 24.3 Å². The Hall–Kier alpha value is -2.11. The molecule has 0 saturated heterocycles. The summed E-state index contributed by atoms with van der Waals surface area (Å²) < 4.78 is 22.7. The van der Waals surface area contributed by atoms with Gasteiger partial charge in [-0.25, -0.2) is 9.18 Å². The molecule has 1 aromatic rings. The highest BCUT2D eigenvalue weighted by atomic mass is 19.1. The van der Waals surface area contributed by atoms with Gasteiger partial charge in [-0.1, -0.05) is 0 Å². The van der Waals surface area contributed by atoms with Crippen LogP contribution >= 0.6 is 0 Å². The Morgan fingerprint density at radius 2 is 2.00 bits per heavy atom. The van der Waals surface area contributed by atoms with Crippen LogP contribution < -0.4 is 10.1 Å². The molecule has 1 saturated carbocycles. The average molecular weight is 281 g/mol. The number of rotatable bonds is 6. The average Bonchev–Trinajstić information content (AvgIpc) is 3.22. The van der Waals surface area contributed by atoms with E-state index < -0.39 is 12.1 Å². The molecule has 1 fully saturated rings. The van der Waals surface area contributed by atoms with Crippen LogP contribution in [0.25, 0.3) is 0 Å². The number of amides is 1. The zero-order chi connectivity index (χ0) is 14.5. The molecule has 5 nitrogen and oxygen atoms in total. The summed E-state index contributed by atoms with van der Waals surface area (Å²) in [5.41, 5.74) is 0. The third kappa shape index (κ3) is 4.53. The quantitative estimate of drug-likeness (QED) is 0.801. The Morgan fingerprint density at radius 3 is 2.60 bits per heavy atom. The Morgan fingerprint density at radius 1 is 1.35 bits per heavy atom. The first kappa shape index (κ1) is 14.3. The van der Waals surface area contributed by atoms with Crippen molar-refractivity contribution >= 4 is 11.9 Å². The maximum Gasteiger partial charge on any atom is 0.344 e. The normalized spacial score (nSPS) is 15.3. The van der Waals surface area contributed by atoms with Crippen LogP contribution in [0.5, 0.6) is 5.75 Å². The van der Waals surface area contributed by atoms with Gasteiger partial charge in [0.05, 0.1) is 0 Å². The molecule has 1 atom stereocenters. The molecule has 0 aromatic heterocycles. The topological polar surface area (TPSA) is 64.6 Å². The summed E-state index contributed by atoms with van der Waals surface area (Å²) in [4.78, 5) is 23.1. The summed E-state index contributed by atoms with van der Waals surface area (Å²) in [5, 5.41) is 2.74. The molecule has 0 bridgehead atoms. The molecule has 20 heavy (non-hydrogen) atoms. The van der Waals surface area contributed by atoms with Gasteiger partial charge in [0, 0.05) is 6.04 Å². The monoisotopic (exact) mass is 281 g/mol. The SMILES string of the molecule is C[C@@H](OC(=O)COc1ccc(F)cc1)C(=O)NC1CC1. The Bertz CT molecular complexity index is 484. The number of halogens is 1. The van der Waals surface area contributed by atoms with E-state index in [0.717, 1.165) is 12.8 Å². The first-order valence-corrected chi connectivity index (χ1v) is 6.43. The summed E-state index contributed by atoms with van der Waals surface area (Å²) >= 11 is 0. The number of carbonyl (C=O) groups excluding carboxylic acids is 2. The van der Waals surface area contributed by atoms with Crippen LogP contribution in [0.2, 0.25) is 0 Å². The molecule has 0 spiro atoms. The van der Waals surface area contributed by atoms with E-state index in [-0.39, 0.29) is 24.4 Å². The van der Waals surface area contributed by atoms with Crippen molar-refractivity contribution in [2.75, 3.05) is 6.61 Å². The Balaban J connectivity index is 1.71. The van der Waals surface area contributed by atoms with E-state index in [0.29, 0.717) is 5.75 Å². The minimum absolute atomic E-state index is 0.221. The molecule has 1 amide bonds. The van der Waals surface area contributed by atoms with Gasteiger partial charge in [0.2, 0.25) is 0 Å². The molecular weight excluding hydrogens is 265 g/mol. The second-order valence-electron chi connectivity index (χ2n) is 4.66. The predicted octanol–water partition coefficient (Wildman–Crippen LogP) is 1.41. The van der Waals surface area contributed by atoms with Crippen LogP contribution in [0.1, 0.15) is 19.8 Å². The van der Waals surface area contributed by atoms with Gasteiger partial charge in [0.25, 0.3) is 5.91 Å². The van der Waals surface area contributed by atoms with Crippen LogP contribution in [-0.2, 0) is 14.3 Å². The Labute approximate surface area is 116 Å². The first-order chi connectivity index (χ1) is 9.54. The van der Waals surface area contributed by atoms with Crippen molar-refractivity contribution in [2.24, 2.45) is 0 Å². The van der Waals surface area contributed by atoms with Gasteiger partial charge < -0.3 is 14.8 Å². The second kappa shape index (κ2) is 6.36. The van der Waals surface area contributed by atoms with E-state index in [9.17, 15) is 14.0 Å². The van der Waals surface area contributed by atoms with Crippen molar-refractivity contribution < 1.29 is 23.5 Å². The van der Waals surface area contributed by atoms with Crippen LogP contribution in [-0.4, -0.2) is 30.6 Å². The second-order valence-corrected chi connectivity index (χ2v) is 4.66. The lowest BCUT2D eigenvalue weighted by atomic mass is 10.3. The number of esters is 1. The molecular formula is C14H16FNO4. The maximum atomic E-state index is 12.7. The van der Waals surface area contributed by atoms with Crippen molar-refractivity contribution in [3.05, 3.63) is 30.1 Å². The minimum atomic E-state index is -0.847. The number of hydrogen-bond acceptors (Lipinski definition) is 4. The summed E-state index contributed by atoms with van der Waals surface area (Å²) in [6.45, 7) is 1.18. The fourth-order valence-corrected chi connectivity index (χ4v) is 1.50. The third-order valence-corrected chi connectivity index (χ3v) is 2.77. The molecule has 1 aliphatic rings. The molecule has 6 heteroatoms. The van der Waals surface area contributed by atoms with E-state index in [1.165, 1.54) is 31.2 Å². The van der Waals surface area contributed by atoms with Crippen molar-refractivity contribution in [2.45, 2.75) is 31.9 Å². The molecule has 0 heterocycles. The highest BCUT2D eigenvalue weighted by molar-refractivity contribution is 5.84. The lowest BCUT2D eigenvalue weighted by Crippen LogP contribution is -2.37. The smallest absolute Gasteiger partial charge is 0.344 e. The molecule has 0 radical (unpaired) electrons. The predicted molar refractivity (Wildman–Crippen MR) is 68.6 cm³/mol. The molecule has 108 valence electrons. The molecule has 0 aliphatic heterocycles. The Kier molecular flexibility index (Phi) is 4.55. The van der Waals surface area contributed by atoms with Gasteiger partial charge in [-0.15, -0.1) is 0 Å². The minimum Gasteiger partial charge on any atom is -0.482 e. The summed E-state index contributed by atoms with van der Waals surface area (Å²) in [6, 6.07) is 5.50. The molecule has 1 N–H and O–H groups in total. The number of ether oxygens (including phenoxy) is 2. The van der Waals surface area contributed by atoms with Gasteiger partial charge in [-0.05, 0) is 44.0 Å². The van der Waals surface area contributed by atoms with Crippen molar-refractivity contribution in [1.29, 1.82) is 0 Å². The highest BCUT2D eigenvalue weighted by Gasteiger charge is 2.27. The zero-order valence-electron chi connectivity index (χ0n) is 11.1. The standard InChI is InChI=1S/C14H16FNO4/c1-9(14(18)16-11-4-5-11)20-13(17)8-19-12-6-2-10(15)3-7-12/h2-3,6-7,9,11H,4-5,8H2,1H3,(H,16,18)/t9-/m1/s1. The first-order valence-electron chi connectivity index (χ1n) is 6.43. The number of benzene rings is 1. The van der Waals surface area contributed by atoms with Gasteiger partial charge in [0.1, 0.15) is 11.6 Å². The summed E-state index contributed by atoms with van der Waals surface area (Å²) in [7, 11) is 0. The molecule has 0 unspecified atom stereocenters. The fraction of sp³-hybridized carbons (Fsp3) is 0.429. The van der Waals surface area contributed by atoms with Gasteiger partial charge >= 0.3 is 5.97 Å². The number of nitrogens with one attached hydrogen (secondary N) is 1. The van der Waals surface area contributed by atoms with Crippen molar-refractivity contribution in [1.82, 2.24) is 5.32 Å². The molecule has 2 rings (SSSR count). The lowest BCUT2D eigenvalue weighted by molar-refractivity contribution is -0.156. The van der Waals surface area contributed by atoms with Gasteiger partial charge in [-0.2, -0.15) is 0 Å². The zero-order valence-corrected chi connectivity index (χ0v) is 11.1. The number of carbonyl (C=O) groups is 2. The van der Waals surface area contributed by atoms with E-state index in [2.05, 4.69) is 5.32 Å². The van der Waals surface area contributed by atoms with E-state index >= 15 is 0 Å². The summed E-state index contributed by atoms with van der Waals surface area (Å²) in [5.74, 6) is -0.973. The van der Waals surface area contributed by atoms with E-state index in [1.807, 2.05) is 0 Å². The van der Waals surface area contributed by atoms with Crippen LogP contribution in [0.3, 0.4) is 0 Å². The molecule has 1 aliphatic carbocycles. The fourth-order valence-electron chi connectivity index (χ4n) is 1.50. The third-order valence-electron chi connectivity index (χ3n) is 2.77. The largest absolute Gasteiger partial charge is 0.482 e. The lowest BCUT2D eigenvalue weighted by Gasteiger charge is -2.13. The van der Waals surface area contributed by atoms with Crippen LogP contribution in [0.4, 0.5) is 4.39 Å². The van der Waals surface area contributed by atoms with Crippen molar-refractivity contribution in [3.8, 4) is 5.75 Å². The van der Waals surface area contributed by atoms with Gasteiger partial charge in [0.15, 0.2) is 12.7 Å². The number of hydrogen-bond donors (Lipinski definition) is 1. The summed E-state index contributed by atoms with van der Waals surface area (Å²) in [6.07, 6.45) is 1.10. The highest BCUT2D eigenvalue weighted by Crippen LogP contribution is 2.18. The molecule has 1 aromatic carbocycles. The van der Waals surface area contributed by atoms with E-state index in [4.69, 9.17) is 9.47 Å². The maximum absolute atomic E-state index is 12.7. The van der Waals surface area contributed by atoms with E-state index in [1.54, 1.807) is 0 Å². The van der Waals surface area contributed by atoms with Crippen molar-refractivity contribution in [3.63, 3.8) is 0 Å². The van der Waals surface area contributed by atoms with Gasteiger partial charge in [-0.3, -0.25) is 4.79 Å². The van der Waals surface area contributed by atoms with Crippen LogP contribution in [0, 0.1) is 5.82 Å².